The molecule has 0 radical (unpaired) electrons. The highest BCUT2D eigenvalue weighted by atomic mass is 16.1. The van der Waals surface area contributed by atoms with Gasteiger partial charge in [0.05, 0.1) is 12.6 Å². The van der Waals surface area contributed by atoms with Crippen LogP contribution >= 0.6 is 0 Å². The maximum atomic E-state index is 11.4. The molecule has 0 aliphatic heterocycles. The number of nitrogens with two attached hydrogens (primary N) is 1. The molecule has 1 fully saturated rings. The summed E-state index contributed by atoms with van der Waals surface area (Å²) < 4.78 is 0. The van der Waals surface area contributed by atoms with Crippen molar-refractivity contribution in [3.8, 4) is 0 Å². The van der Waals surface area contributed by atoms with E-state index in [-0.39, 0.29) is 24.3 Å². The van der Waals surface area contributed by atoms with Crippen LogP contribution in [0.2, 0.25) is 0 Å². The van der Waals surface area contributed by atoms with Gasteiger partial charge in [-0.3, -0.25) is 14.5 Å². The quantitative estimate of drug-likeness (QED) is 0.664. The Kier molecular flexibility index (Phi) is 3.42. The number of primary amides is 1. The largest absolute Gasteiger partial charge is 0.369 e. The number of likely N-dealkylation sites (N-methyl/N-ethyl adjacent to an activating group) is 1. The molecule has 4 nitrogen and oxygen atoms in total. The van der Waals surface area contributed by atoms with E-state index in [1.54, 1.807) is 0 Å². The van der Waals surface area contributed by atoms with E-state index in [0.717, 1.165) is 12.8 Å². The van der Waals surface area contributed by atoms with Crippen molar-refractivity contribution in [2.75, 3.05) is 13.1 Å². The van der Waals surface area contributed by atoms with Gasteiger partial charge in [-0.2, -0.15) is 0 Å². The minimum absolute atomic E-state index is 0.0579. The molecule has 0 aromatic rings. The molecule has 1 aliphatic rings. The molecule has 1 saturated carbocycles. The second-order valence-electron chi connectivity index (χ2n) is 3.40. The minimum Gasteiger partial charge on any atom is -0.369 e. The molecule has 2 N–H and O–H groups in total. The van der Waals surface area contributed by atoms with Crippen LogP contribution in [0.4, 0.5) is 0 Å². The summed E-state index contributed by atoms with van der Waals surface area (Å²) in [7, 11) is 0. The number of amides is 1. The molecule has 1 unspecified atom stereocenters. The van der Waals surface area contributed by atoms with Crippen LogP contribution in [0.5, 0.6) is 0 Å². The molecule has 0 saturated heterocycles. The topological polar surface area (TPSA) is 63.4 Å². The number of ketones is 1. The number of carbonyl (C=O) groups excluding carboxylic acids is 2. The van der Waals surface area contributed by atoms with Crippen molar-refractivity contribution in [2.45, 2.75) is 32.2 Å². The summed E-state index contributed by atoms with van der Waals surface area (Å²) in [6.07, 6.45) is 2.47. The van der Waals surface area contributed by atoms with Crippen LogP contribution in [0.25, 0.3) is 0 Å². The number of hydrogen-bond acceptors (Lipinski definition) is 3. The molecule has 0 spiro atoms. The third-order valence-corrected chi connectivity index (χ3v) is 2.48. The summed E-state index contributed by atoms with van der Waals surface area (Å²) in [4.78, 5) is 23.9. The monoisotopic (exact) mass is 184 g/mol. The first kappa shape index (κ1) is 10.2. The van der Waals surface area contributed by atoms with Crippen LogP contribution < -0.4 is 5.73 Å². The predicted octanol–water partition coefficient (Wildman–Crippen LogP) is -0.0848. The molecule has 1 atom stereocenters. The van der Waals surface area contributed by atoms with Crippen molar-refractivity contribution in [2.24, 2.45) is 5.73 Å². The van der Waals surface area contributed by atoms with Crippen LogP contribution in [0.15, 0.2) is 0 Å². The van der Waals surface area contributed by atoms with Crippen LogP contribution in [0, 0.1) is 0 Å². The maximum Gasteiger partial charge on any atom is 0.231 e. The molecule has 1 aliphatic carbocycles. The first-order valence-corrected chi connectivity index (χ1v) is 4.70. The molecule has 0 bridgehead atoms. The molecule has 13 heavy (non-hydrogen) atoms. The van der Waals surface area contributed by atoms with E-state index in [0.29, 0.717) is 13.0 Å². The van der Waals surface area contributed by atoms with Crippen molar-refractivity contribution in [3.63, 3.8) is 0 Å². The summed E-state index contributed by atoms with van der Waals surface area (Å²) in [5.74, 6) is -0.107. The molecule has 0 aromatic carbocycles. The average Bonchev–Trinajstić information content (AvgIpc) is 2.47. The Balaban J connectivity index is 2.54. The maximum absolute atomic E-state index is 11.4. The molecule has 1 rings (SSSR count). The summed E-state index contributed by atoms with van der Waals surface area (Å²) in [6.45, 7) is 2.85. The highest BCUT2D eigenvalue weighted by Gasteiger charge is 2.29. The summed E-state index contributed by atoms with van der Waals surface area (Å²) in [5.41, 5.74) is 5.09. The van der Waals surface area contributed by atoms with Gasteiger partial charge in [-0.1, -0.05) is 6.92 Å². The Morgan fingerprint density at radius 3 is 2.77 bits per heavy atom. The molecule has 74 valence electrons. The molecule has 4 heteroatoms. The number of Topliss-reactive ketones (excluding diaryl/α,β-unsaturated/α-hetero) is 1. The SMILES string of the molecule is CCN(CC(N)=O)C1CCCC1=O. The molecule has 0 heterocycles. The van der Waals surface area contributed by atoms with Gasteiger partial charge in [-0.05, 0) is 19.4 Å². The van der Waals surface area contributed by atoms with Gasteiger partial charge in [0, 0.05) is 6.42 Å². The lowest BCUT2D eigenvalue weighted by Crippen LogP contribution is -2.43. The van der Waals surface area contributed by atoms with Gasteiger partial charge in [-0.25, -0.2) is 0 Å². The third-order valence-electron chi connectivity index (χ3n) is 2.48. The van der Waals surface area contributed by atoms with Crippen LogP contribution in [-0.2, 0) is 9.59 Å². The fourth-order valence-electron chi connectivity index (χ4n) is 1.83. The van der Waals surface area contributed by atoms with Crippen molar-refractivity contribution < 1.29 is 9.59 Å². The summed E-state index contributed by atoms with van der Waals surface area (Å²) >= 11 is 0. The molecular weight excluding hydrogens is 168 g/mol. The van der Waals surface area contributed by atoms with E-state index in [9.17, 15) is 9.59 Å². The highest BCUT2D eigenvalue weighted by molar-refractivity contribution is 5.86. The average molecular weight is 184 g/mol. The number of nitrogens with zero attached hydrogens (tertiary/aromatic N) is 1. The van der Waals surface area contributed by atoms with E-state index in [4.69, 9.17) is 5.73 Å². The zero-order valence-electron chi connectivity index (χ0n) is 7.95. The van der Waals surface area contributed by atoms with E-state index >= 15 is 0 Å². The number of hydrogen-bond donors (Lipinski definition) is 1. The van der Waals surface area contributed by atoms with Crippen molar-refractivity contribution in [1.82, 2.24) is 4.90 Å². The fraction of sp³-hybridized carbons (Fsp3) is 0.778. The lowest BCUT2D eigenvalue weighted by atomic mass is 10.2. The Morgan fingerprint density at radius 1 is 1.69 bits per heavy atom. The van der Waals surface area contributed by atoms with E-state index in [1.807, 2.05) is 11.8 Å². The van der Waals surface area contributed by atoms with Gasteiger partial charge in [0.15, 0.2) is 0 Å². The van der Waals surface area contributed by atoms with Gasteiger partial charge < -0.3 is 5.73 Å². The van der Waals surface area contributed by atoms with E-state index in [2.05, 4.69) is 0 Å². The zero-order valence-corrected chi connectivity index (χ0v) is 7.95. The van der Waals surface area contributed by atoms with Gasteiger partial charge in [-0.15, -0.1) is 0 Å². The van der Waals surface area contributed by atoms with Crippen molar-refractivity contribution in [1.29, 1.82) is 0 Å². The lowest BCUT2D eigenvalue weighted by molar-refractivity contribution is -0.124. The highest BCUT2D eigenvalue weighted by Crippen LogP contribution is 2.19. The van der Waals surface area contributed by atoms with Crippen molar-refractivity contribution in [3.05, 3.63) is 0 Å². The van der Waals surface area contributed by atoms with Gasteiger partial charge >= 0.3 is 0 Å². The standard InChI is InChI=1S/C9H16N2O2/c1-2-11(6-9(10)13)7-4-3-5-8(7)12/h7H,2-6H2,1H3,(H2,10,13). The van der Waals surface area contributed by atoms with Gasteiger partial charge in [0.2, 0.25) is 5.91 Å². The summed E-state index contributed by atoms with van der Waals surface area (Å²) in [6, 6.07) is -0.0579. The molecular formula is C9H16N2O2. The summed E-state index contributed by atoms with van der Waals surface area (Å²) in [5, 5.41) is 0. The predicted molar refractivity (Wildman–Crippen MR) is 49.1 cm³/mol. The van der Waals surface area contributed by atoms with Gasteiger partial charge in [0.1, 0.15) is 5.78 Å². The zero-order chi connectivity index (χ0) is 9.84. The van der Waals surface area contributed by atoms with E-state index in [1.165, 1.54) is 0 Å². The number of carbonyl (C=O) groups is 2. The van der Waals surface area contributed by atoms with Crippen molar-refractivity contribution >= 4 is 11.7 Å². The Morgan fingerprint density at radius 2 is 2.38 bits per heavy atom. The lowest BCUT2D eigenvalue weighted by Gasteiger charge is -2.24. The Labute approximate surface area is 78.1 Å². The second-order valence-corrected chi connectivity index (χ2v) is 3.40. The van der Waals surface area contributed by atoms with Crippen LogP contribution in [-0.4, -0.2) is 35.7 Å². The second kappa shape index (κ2) is 4.37. The Bertz CT molecular complexity index is 216. The van der Waals surface area contributed by atoms with E-state index < -0.39 is 0 Å². The van der Waals surface area contributed by atoms with Crippen LogP contribution in [0.3, 0.4) is 0 Å². The minimum atomic E-state index is -0.360. The number of rotatable bonds is 4. The smallest absolute Gasteiger partial charge is 0.231 e. The normalized spacial score (nSPS) is 22.6. The molecule has 0 aromatic heterocycles. The first-order valence-electron chi connectivity index (χ1n) is 4.70. The molecule has 1 amide bonds. The fourth-order valence-corrected chi connectivity index (χ4v) is 1.83. The van der Waals surface area contributed by atoms with Gasteiger partial charge in [0.25, 0.3) is 0 Å². The first-order chi connectivity index (χ1) is 6.15. The van der Waals surface area contributed by atoms with Crippen LogP contribution in [0.1, 0.15) is 26.2 Å². The Hall–Kier alpha value is -0.900. The third kappa shape index (κ3) is 2.52.